The van der Waals surface area contributed by atoms with Crippen molar-refractivity contribution in [2.24, 2.45) is 5.92 Å². The molecule has 0 radical (unpaired) electrons. The number of carbonyl (C=O) groups is 1. The molecule has 1 heterocycles. The van der Waals surface area contributed by atoms with Gasteiger partial charge in [0.15, 0.2) is 0 Å². The second-order valence-corrected chi connectivity index (χ2v) is 5.38. The smallest absolute Gasteiger partial charge is 0.251 e. The highest BCUT2D eigenvalue weighted by molar-refractivity contribution is 5.94. The van der Waals surface area contributed by atoms with E-state index >= 15 is 0 Å². The number of carbonyl (C=O) groups excluding carboxylic acids is 1. The van der Waals surface area contributed by atoms with E-state index in [1.165, 1.54) is 0 Å². The zero-order valence-electron chi connectivity index (χ0n) is 12.5. The summed E-state index contributed by atoms with van der Waals surface area (Å²) in [5.41, 5.74) is 2.32. The minimum atomic E-state index is -0.185. The second kappa shape index (κ2) is 7.26. The van der Waals surface area contributed by atoms with Crippen LogP contribution in [-0.2, 0) is 4.74 Å². The molecule has 1 aliphatic heterocycles. The van der Waals surface area contributed by atoms with Gasteiger partial charge in [0.2, 0.25) is 0 Å². The molecule has 4 heteroatoms. The van der Waals surface area contributed by atoms with Crippen molar-refractivity contribution in [2.75, 3.05) is 19.8 Å². The molecule has 0 aliphatic carbocycles. The zero-order valence-corrected chi connectivity index (χ0v) is 12.5. The van der Waals surface area contributed by atoms with E-state index in [4.69, 9.17) is 9.84 Å². The molecule has 0 bridgehead atoms. The van der Waals surface area contributed by atoms with Gasteiger partial charge in [-0.1, -0.05) is 11.8 Å². The maximum atomic E-state index is 12.2. The summed E-state index contributed by atoms with van der Waals surface area (Å²) in [6, 6.07) is 5.49. The van der Waals surface area contributed by atoms with Crippen molar-refractivity contribution in [2.45, 2.75) is 26.4 Å². The quantitative estimate of drug-likeness (QED) is 0.828. The lowest BCUT2D eigenvalue weighted by Gasteiger charge is -2.15. The molecule has 21 heavy (non-hydrogen) atoms. The van der Waals surface area contributed by atoms with Crippen LogP contribution in [0.5, 0.6) is 0 Å². The molecule has 1 fully saturated rings. The molecule has 0 saturated carbocycles. The summed E-state index contributed by atoms with van der Waals surface area (Å²) in [7, 11) is 0. The van der Waals surface area contributed by atoms with E-state index < -0.39 is 0 Å². The number of ether oxygens (including phenoxy) is 1. The number of rotatable bonds is 3. The third-order valence-electron chi connectivity index (χ3n) is 3.71. The van der Waals surface area contributed by atoms with Crippen molar-refractivity contribution in [3.8, 4) is 11.8 Å². The van der Waals surface area contributed by atoms with Gasteiger partial charge in [-0.25, -0.2) is 0 Å². The second-order valence-electron chi connectivity index (χ2n) is 5.38. The lowest BCUT2D eigenvalue weighted by atomic mass is 10.0. The summed E-state index contributed by atoms with van der Waals surface area (Å²) in [4.78, 5) is 12.2. The van der Waals surface area contributed by atoms with Crippen molar-refractivity contribution in [1.82, 2.24) is 5.32 Å². The number of amides is 1. The van der Waals surface area contributed by atoms with E-state index in [9.17, 15) is 4.79 Å². The van der Waals surface area contributed by atoms with Gasteiger partial charge in [-0.3, -0.25) is 4.79 Å². The molecule has 1 aliphatic rings. The van der Waals surface area contributed by atoms with Crippen LogP contribution in [0.4, 0.5) is 0 Å². The number of aryl methyl sites for hydroxylation is 1. The first-order valence-electron chi connectivity index (χ1n) is 7.21. The van der Waals surface area contributed by atoms with Crippen molar-refractivity contribution in [3.63, 3.8) is 0 Å². The number of hydrogen-bond donors (Lipinski definition) is 2. The van der Waals surface area contributed by atoms with Crippen molar-refractivity contribution >= 4 is 5.91 Å². The molecule has 2 N–H and O–H groups in total. The van der Waals surface area contributed by atoms with E-state index in [0.29, 0.717) is 18.0 Å². The molecule has 0 aromatic heterocycles. The Bertz CT molecular complexity index is 571. The van der Waals surface area contributed by atoms with Crippen molar-refractivity contribution in [1.29, 1.82) is 0 Å². The Kier molecular flexibility index (Phi) is 5.38. The average molecular weight is 287 g/mol. The van der Waals surface area contributed by atoms with Crippen LogP contribution in [-0.4, -0.2) is 36.9 Å². The average Bonchev–Trinajstić information content (AvgIpc) is 2.87. The minimum absolute atomic E-state index is 0.0927. The van der Waals surface area contributed by atoms with Gasteiger partial charge in [0, 0.05) is 30.2 Å². The normalized spacial score (nSPS) is 20.7. The Balaban J connectivity index is 2.03. The van der Waals surface area contributed by atoms with Gasteiger partial charge in [-0.2, -0.15) is 0 Å². The van der Waals surface area contributed by atoms with Crippen LogP contribution in [0.2, 0.25) is 0 Å². The van der Waals surface area contributed by atoms with Crippen LogP contribution in [0.1, 0.15) is 34.8 Å². The van der Waals surface area contributed by atoms with E-state index in [1.54, 1.807) is 6.07 Å². The molecular weight excluding hydrogens is 266 g/mol. The summed E-state index contributed by atoms with van der Waals surface area (Å²) in [6.07, 6.45) is 1.19. The van der Waals surface area contributed by atoms with Gasteiger partial charge in [0.1, 0.15) is 6.61 Å². The van der Waals surface area contributed by atoms with Crippen LogP contribution in [0.25, 0.3) is 0 Å². The van der Waals surface area contributed by atoms with Crippen LogP contribution < -0.4 is 5.32 Å². The maximum absolute atomic E-state index is 12.2. The number of aliphatic hydroxyl groups is 1. The third kappa shape index (κ3) is 4.32. The molecule has 1 aromatic carbocycles. The lowest BCUT2D eigenvalue weighted by Crippen LogP contribution is -2.32. The molecule has 1 aromatic rings. The topological polar surface area (TPSA) is 58.6 Å². The monoisotopic (exact) mass is 287 g/mol. The van der Waals surface area contributed by atoms with Crippen LogP contribution >= 0.6 is 0 Å². The predicted molar refractivity (Wildman–Crippen MR) is 81.0 cm³/mol. The van der Waals surface area contributed by atoms with Crippen LogP contribution in [0.15, 0.2) is 18.2 Å². The Hall–Kier alpha value is -1.83. The SMILES string of the molecule is Cc1cc(C#CCO)cc(C(=O)NCC2CCOC2C)c1. The molecule has 2 rings (SSSR count). The van der Waals surface area contributed by atoms with Gasteiger partial charge in [-0.05, 0) is 44.0 Å². The highest BCUT2D eigenvalue weighted by atomic mass is 16.5. The maximum Gasteiger partial charge on any atom is 0.251 e. The largest absolute Gasteiger partial charge is 0.384 e. The predicted octanol–water partition coefficient (Wildman–Crippen LogP) is 1.49. The fourth-order valence-corrected chi connectivity index (χ4v) is 2.50. The first-order chi connectivity index (χ1) is 10.1. The number of nitrogens with one attached hydrogen (secondary N) is 1. The molecule has 112 valence electrons. The molecule has 1 amide bonds. The Morgan fingerprint density at radius 2 is 2.29 bits per heavy atom. The molecule has 2 unspecified atom stereocenters. The van der Waals surface area contributed by atoms with E-state index in [1.807, 2.05) is 26.0 Å². The summed E-state index contributed by atoms with van der Waals surface area (Å²) in [5, 5.41) is 11.7. The molecule has 2 atom stereocenters. The number of hydrogen-bond acceptors (Lipinski definition) is 3. The van der Waals surface area contributed by atoms with Gasteiger partial charge >= 0.3 is 0 Å². The fraction of sp³-hybridized carbons (Fsp3) is 0.471. The third-order valence-corrected chi connectivity index (χ3v) is 3.71. The van der Waals surface area contributed by atoms with Crippen molar-refractivity contribution < 1.29 is 14.6 Å². The number of benzene rings is 1. The van der Waals surface area contributed by atoms with E-state index in [2.05, 4.69) is 17.2 Å². The van der Waals surface area contributed by atoms with Crippen LogP contribution in [0.3, 0.4) is 0 Å². The Morgan fingerprint density at radius 1 is 1.48 bits per heavy atom. The highest BCUT2D eigenvalue weighted by Gasteiger charge is 2.24. The van der Waals surface area contributed by atoms with Gasteiger partial charge in [0.25, 0.3) is 5.91 Å². The minimum Gasteiger partial charge on any atom is -0.384 e. The fourth-order valence-electron chi connectivity index (χ4n) is 2.50. The first kappa shape index (κ1) is 15.6. The molecule has 1 saturated heterocycles. The summed E-state index contributed by atoms with van der Waals surface area (Å²) < 4.78 is 5.49. The Morgan fingerprint density at radius 3 is 2.95 bits per heavy atom. The number of aliphatic hydroxyl groups excluding tert-OH is 1. The molecule has 4 nitrogen and oxygen atoms in total. The summed E-state index contributed by atoms with van der Waals surface area (Å²) in [5.74, 6) is 5.72. The van der Waals surface area contributed by atoms with Gasteiger partial charge in [-0.15, -0.1) is 0 Å². The standard InChI is InChI=1S/C17H21NO3/c1-12-8-14(4-3-6-19)10-16(9-12)17(20)18-11-15-5-7-21-13(15)2/h8-10,13,15,19H,5-7,11H2,1-2H3,(H,18,20). The van der Waals surface area contributed by atoms with Gasteiger partial charge in [0.05, 0.1) is 6.10 Å². The Labute approximate surface area is 125 Å². The highest BCUT2D eigenvalue weighted by Crippen LogP contribution is 2.19. The van der Waals surface area contributed by atoms with Gasteiger partial charge < -0.3 is 15.2 Å². The summed E-state index contributed by atoms with van der Waals surface area (Å²) >= 11 is 0. The van der Waals surface area contributed by atoms with E-state index in [-0.39, 0.29) is 18.6 Å². The van der Waals surface area contributed by atoms with Crippen LogP contribution in [0, 0.1) is 24.7 Å². The first-order valence-corrected chi connectivity index (χ1v) is 7.21. The molecule has 0 spiro atoms. The lowest BCUT2D eigenvalue weighted by molar-refractivity contribution is 0.0907. The molecular formula is C17H21NO3. The summed E-state index contributed by atoms with van der Waals surface area (Å²) in [6.45, 7) is 5.18. The van der Waals surface area contributed by atoms with E-state index in [0.717, 1.165) is 24.2 Å². The van der Waals surface area contributed by atoms with Crippen molar-refractivity contribution in [3.05, 3.63) is 34.9 Å². The zero-order chi connectivity index (χ0) is 15.2.